The summed E-state index contributed by atoms with van der Waals surface area (Å²) >= 11 is 1.40. The van der Waals surface area contributed by atoms with Crippen LogP contribution in [0, 0.1) is 5.92 Å². The van der Waals surface area contributed by atoms with Gasteiger partial charge in [-0.3, -0.25) is 9.59 Å². The zero-order valence-corrected chi connectivity index (χ0v) is 16.6. The molecule has 0 radical (unpaired) electrons. The topological polar surface area (TPSA) is 61.4 Å². The van der Waals surface area contributed by atoms with E-state index in [0.717, 1.165) is 18.9 Å². The molecule has 1 aliphatic heterocycles. The third-order valence-electron chi connectivity index (χ3n) is 4.96. The Morgan fingerprint density at radius 2 is 1.85 bits per heavy atom. The summed E-state index contributed by atoms with van der Waals surface area (Å²) in [6.45, 7) is 6.39. The van der Waals surface area contributed by atoms with Crippen molar-refractivity contribution < 1.29 is 9.59 Å². The van der Waals surface area contributed by atoms with Crippen LogP contribution in [0.3, 0.4) is 0 Å². The summed E-state index contributed by atoms with van der Waals surface area (Å²) in [7, 11) is 0. The van der Waals surface area contributed by atoms with Crippen molar-refractivity contribution in [3.8, 4) is 0 Å². The summed E-state index contributed by atoms with van der Waals surface area (Å²) in [4.78, 5) is 27.4. The lowest BCUT2D eigenvalue weighted by Gasteiger charge is -2.30. The van der Waals surface area contributed by atoms with Crippen LogP contribution in [0.4, 0.5) is 5.69 Å². The predicted molar refractivity (Wildman–Crippen MR) is 111 cm³/mol. The number of carbonyl (C=O) groups excluding carboxylic acids is 2. The minimum absolute atomic E-state index is 0.0709. The maximum atomic E-state index is 12.2. The molecule has 0 spiro atoms. The minimum atomic E-state index is -0.130. The van der Waals surface area contributed by atoms with Crippen molar-refractivity contribution in [2.75, 3.05) is 31.5 Å². The Morgan fingerprint density at radius 1 is 1.11 bits per heavy atom. The standard InChI is InChI=1S/C21H27N3O2S/c1-16-9-13-24(14-10-16)12-3-11-22-20(25)17-5-7-18(8-6-17)23-21(26)19-4-2-15-27-19/h2,4-8,15-16H,3,9-14H2,1H3,(H,22,25)(H,23,26). The van der Waals surface area contributed by atoms with Gasteiger partial charge in [-0.2, -0.15) is 0 Å². The summed E-state index contributed by atoms with van der Waals surface area (Å²) in [5, 5.41) is 7.68. The Balaban J connectivity index is 1.39. The molecule has 3 rings (SSSR count). The van der Waals surface area contributed by atoms with Crippen LogP contribution in [0.1, 0.15) is 46.2 Å². The minimum Gasteiger partial charge on any atom is -0.352 e. The van der Waals surface area contributed by atoms with Gasteiger partial charge in [0.2, 0.25) is 0 Å². The van der Waals surface area contributed by atoms with E-state index < -0.39 is 0 Å². The van der Waals surface area contributed by atoms with Gasteiger partial charge in [-0.15, -0.1) is 11.3 Å². The number of nitrogens with zero attached hydrogens (tertiary/aromatic N) is 1. The number of amides is 2. The molecule has 1 aliphatic rings. The molecule has 0 bridgehead atoms. The van der Waals surface area contributed by atoms with Crippen molar-refractivity contribution in [3.05, 3.63) is 52.2 Å². The highest BCUT2D eigenvalue weighted by Crippen LogP contribution is 2.16. The van der Waals surface area contributed by atoms with Crippen LogP contribution >= 0.6 is 11.3 Å². The van der Waals surface area contributed by atoms with Gasteiger partial charge in [0.05, 0.1) is 4.88 Å². The molecule has 0 saturated carbocycles. The maximum absolute atomic E-state index is 12.2. The molecule has 1 saturated heterocycles. The van der Waals surface area contributed by atoms with Crippen LogP contribution in [0.5, 0.6) is 0 Å². The van der Waals surface area contributed by atoms with Gasteiger partial charge in [0, 0.05) is 17.8 Å². The van der Waals surface area contributed by atoms with Crippen molar-refractivity contribution in [2.24, 2.45) is 5.92 Å². The molecule has 0 aliphatic carbocycles. The van der Waals surface area contributed by atoms with Gasteiger partial charge in [0.25, 0.3) is 11.8 Å². The smallest absolute Gasteiger partial charge is 0.265 e. The molecular weight excluding hydrogens is 358 g/mol. The van der Waals surface area contributed by atoms with Gasteiger partial charge in [-0.25, -0.2) is 0 Å². The molecular formula is C21H27N3O2S. The van der Waals surface area contributed by atoms with Crippen molar-refractivity contribution in [2.45, 2.75) is 26.2 Å². The number of benzene rings is 1. The summed E-state index contributed by atoms with van der Waals surface area (Å²) in [6.07, 6.45) is 3.53. The zero-order chi connectivity index (χ0) is 19.1. The Hall–Kier alpha value is -2.18. The first kappa shape index (κ1) is 19.6. The molecule has 0 atom stereocenters. The van der Waals surface area contributed by atoms with Crippen molar-refractivity contribution in [1.82, 2.24) is 10.2 Å². The molecule has 0 unspecified atom stereocenters. The Labute approximate surface area is 164 Å². The van der Waals surface area contributed by atoms with Crippen molar-refractivity contribution >= 4 is 28.8 Å². The summed E-state index contributed by atoms with van der Waals surface area (Å²) < 4.78 is 0. The van der Waals surface area contributed by atoms with E-state index >= 15 is 0 Å². The van der Waals surface area contributed by atoms with Gasteiger partial charge in [-0.05, 0) is 80.5 Å². The normalized spacial score (nSPS) is 15.4. The molecule has 2 amide bonds. The van der Waals surface area contributed by atoms with E-state index in [1.165, 1.54) is 37.3 Å². The molecule has 27 heavy (non-hydrogen) atoms. The number of carbonyl (C=O) groups is 2. The van der Waals surface area contributed by atoms with Gasteiger partial charge in [-0.1, -0.05) is 13.0 Å². The predicted octanol–water partition coefficient (Wildman–Crippen LogP) is 3.85. The number of hydrogen-bond acceptors (Lipinski definition) is 4. The highest BCUT2D eigenvalue weighted by Gasteiger charge is 2.15. The van der Waals surface area contributed by atoms with Crippen LogP contribution in [-0.4, -0.2) is 42.9 Å². The van der Waals surface area contributed by atoms with E-state index in [0.29, 0.717) is 22.7 Å². The summed E-state index contributed by atoms with van der Waals surface area (Å²) in [6, 6.07) is 10.6. The lowest BCUT2D eigenvalue weighted by molar-refractivity contribution is 0.0950. The van der Waals surface area contributed by atoms with Crippen molar-refractivity contribution in [3.63, 3.8) is 0 Å². The highest BCUT2D eigenvalue weighted by atomic mass is 32.1. The summed E-state index contributed by atoms with van der Waals surface area (Å²) in [5.74, 6) is 0.645. The molecule has 1 fully saturated rings. The third kappa shape index (κ3) is 5.91. The first-order valence-corrected chi connectivity index (χ1v) is 10.5. The fraction of sp³-hybridized carbons (Fsp3) is 0.429. The van der Waals surface area contributed by atoms with Crippen molar-refractivity contribution in [1.29, 1.82) is 0 Å². The van der Waals surface area contributed by atoms with Gasteiger partial charge in [0.15, 0.2) is 0 Å². The van der Waals surface area contributed by atoms with E-state index in [2.05, 4.69) is 22.5 Å². The lowest BCUT2D eigenvalue weighted by Crippen LogP contribution is -2.35. The molecule has 2 aromatic rings. The Bertz CT molecular complexity index is 735. The molecule has 6 heteroatoms. The number of anilines is 1. The quantitative estimate of drug-likeness (QED) is 0.712. The fourth-order valence-corrected chi connectivity index (χ4v) is 3.82. The number of thiophene rings is 1. The van der Waals surface area contributed by atoms with E-state index in [9.17, 15) is 9.59 Å². The van der Waals surface area contributed by atoms with Gasteiger partial charge in [0.1, 0.15) is 0 Å². The molecule has 2 N–H and O–H groups in total. The largest absolute Gasteiger partial charge is 0.352 e. The van der Waals surface area contributed by atoms with Crippen LogP contribution in [-0.2, 0) is 0 Å². The Morgan fingerprint density at radius 3 is 2.52 bits per heavy atom. The van der Waals surface area contributed by atoms with E-state index in [4.69, 9.17) is 0 Å². The highest BCUT2D eigenvalue weighted by molar-refractivity contribution is 7.12. The van der Waals surface area contributed by atoms with Crippen LogP contribution in [0.2, 0.25) is 0 Å². The van der Waals surface area contributed by atoms with E-state index in [1.54, 1.807) is 30.3 Å². The van der Waals surface area contributed by atoms with E-state index in [-0.39, 0.29) is 11.8 Å². The molecule has 144 valence electrons. The SMILES string of the molecule is CC1CCN(CCCNC(=O)c2ccc(NC(=O)c3cccs3)cc2)CC1. The molecule has 5 nitrogen and oxygen atoms in total. The van der Waals surface area contributed by atoms with Gasteiger partial charge < -0.3 is 15.5 Å². The number of hydrogen-bond donors (Lipinski definition) is 2. The lowest BCUT2D eigenvalue weighted by atomic mass is 9.99. The summed E-state index contributed by atoms with van der Waals surface area (Å²) in [5.41, 5.74) is 1.29. The Kier molecular flexibility index (Phi) is 7.01. The third-order valence-corrected chi connectivity index (χ3v) is 5.83. The molecule has 2 heterocycles. The van der Waals surface area contributed by atoms with Crippen LogP contribution in [0.25, 0.3) is 0 Å². The van der Waals surface area contributed by atoms with E-state index in [1.807, 2.05) is 11.4 Å². The second-order valence-corrected chi connectivity index (χ2v) is 8.09. The first-order valence-electron chi connectivity index (χ1n) is 9.57. The van der Waals surface area contributed by atoms with Crippen LogP contribution < -0.4 is 10.6 Å². The second kappa shape index (κ2) is 9.67. The maximum Gasteiger partial charge on any atom is 0.265 e. The number of likely N-dealkylation sites (tertiary alicyclic amines) is 1. The zero-order valence-electron chi connectivity index (χ0n) is 15.7. The fourth-order valence-electron chi connectivity index (χ4n) is 3.20. The average Bonchev–Trinajstić information content (AvgIpc) is 3.22. The monoisotopic (exact) mass is 385 g/mol. The molecule has 1 aromatic heterocycles. The number of nitrogens with one attached hydrogen (secondary N) is 2. The van der Waals surface area contributed by atoms with Crippen LogP contribution in [0.15, 0.2) is 41.8 Å². The average molecular weight is 386 g/mol. The molecule has 1 aromatic carbocycles. The van der Waals surface area contributed by atoms with Gasteiger partial charge >= 0.3 is 0 Å². The second-order valence-electron chi connectivity index (χ2n) is 7.14. The first-order chi connectivity index (χ1) is 13.1. The number of rotatable bonds is 7. The number of piperidine rings is 1.